The second kappa shape index (κ2) is 6.41. The Balaban J connectivity index is 2.38. The molecule has 2 nitrogen and oxygen atoms in total. The average molecular weight is 199 g/mol. The largest absolute Gasteiger partial charge is 0.396 e. The van der Waals surface area contributed by atoms with Gasteiger partial charge in [-0.05, 0) is 25.2 Å². The fourth-order valence-electron chi connectivity index (χ4n) is 2.56. The molecule has 0 aliphatic heterocycles. The Morgan fingerprint density at radius 2 is 1.86 bits per heavy atom. The molecule has 1 saturated carbocycles. The van der Waals surface area contributed by atoms with Crippen LogP contribution in [0.15, 0.2) is 0 Å². The van der Waals surface area contributed by atoms with Crippen LogP contribution in [0, 0.1) is 5.92 Å². The maximum Gasteiger partial charge on any atom is 0.0445 e. The van der Waals surface area contributed by atoms with Gasteiger partial charge in [0.25, 0.3) is 0 Å². The Morgan fingerprint density at radius 1 is 1.21 bits per heavy atom. The fraction of sp³-hybridized carbons (Fsp3) is 1.00. The van der Waals surface area contributed by atoms with E-state index in [1.54, 1.807) is 0 Å². The molecule has 0 radical (unpaired) electrons. The van der Waals surface area contributed by atoms with Crippen LogP contribution in [0.25, 0.3) is 0 Å². The molecular weight excluding hydrogens is 174 g/mol. The molecule has 0 heterocycles. The molecule has 1 rings (SSSR count). The maximum absolute atomic E-state index is 9.04. The minimum Gasteiger partial charge on any atom is -0.396 e. The van der Waals surface area contributed by atoms with Crippen LogP contribution in [0.3, 0.4) is 0 Å². The molecule has 0 saturated heterocycles. The molecule has 0 aromatic rings. The highest BCUT2D eigenvalue weighted by atomic mass is 16.3. The van der Waals surface area contributed by atoms with Gasteiger partial charge in [-0.1, -0.05) is 33.1 Å². The van der Waals surface area contributed by atoms with Crippen LogP contribution in [0.5, 0.6) is 0 Å². The molecule has 14 heavy (non-hydrogen) atoms. The Kier molecular flexibility index (Phi) is 5.49. The number of hydrogen-bond donors (Lipinski definition) is 2. The van der Waals surface area contributed by atoms with Crippen LogP contribution in [0.4, 0.5) is 0 Å². The van der Waals surface area contributed by atoms with Crippen molar-refractivity contribution >= 4 is 0 Å². The van der Waals surface area contributed by atoms with E-state index in [9.17, 15) is 0 Å². The number of aliphatic hydroxyl groups is 1. The maximum atomic E-state index is 9.04. The number of nitrogens with one attached hydrogen (secondary N) is 1. The summed E-state index contributed by atoms with van der Waals surface area (Å²) < 4.78 is 0. The topological polar surface area (TPSA) is 32.3 Å². The highest BCUT2D eigenvalue weighted by Crippen LogP contribution is 2.27. The van der Waals surface area contributed by atoms with Crippen LogP contribution in [0.2, 0.25) is 0 Å². The predicted molar refractivity (Wildman–Crippen MR) is 60.3 cm³/mol. The summed E-state index contributed by atoms with van der Waals surface area (Å²) in [4.78, 5) is 0. The summed E-state index contributed by atoms with van der Waals surface area (Å²) in [7, 11) is 0. The van der Waals surface area contributed by atoms with E-state index < -0.39 is 0 Å². The number of aliphatic hydroxyl groups excluding tert-OH is 1. The lowest BCUT2D eigenvalue weighted by molar-refractivity contribution is 0.200. The molecule has 1 aliphatic carbocycles. The first kappa shape index (κ1) is 12.0. The zero-order valence-electron chi connectivity index (χ0n) is 9.63. The summed E-state index contributed by atoms with van der Waals surface area (Å²) in [6, 6.07) is 1.08. The summed E-state index contributed by atoms with van der Waals surface area (Å²) in [5.74, 6) is 0.804. The minimum atomic E-state index is 0.320. The summed E-state index contributed by atoms with van der Waals surface area (Å²) in [6.45, 7) is 4.70. The normalized spacial score (nSPS) is 21.4. The predicted octanol–water partition coefficient (Wildman–Crippen LogP) is 2.32. The van der Waals surface area contributed by atoms with Crippen molar-refractivity contribution in [3.05, 3.63) is 0 Å². The van der Waals surface area contributed by atoms with Gasteiger partial charge in [-0.25, -0.2) is 0 Å². The van der Waals surface area contributed by atoms with E-state index in [1.165, 1.54) is 32.1 Å². The molecule has 0 bridgehead atoms. The van der Waals surface area contributed by atoms with Gasteiger partial charge in [-0.2, -0.15) is 0 Å². The third-order valence-corrected chi connectivity index (χ3v) is 3.21. The highest BCUT2D eigenvalue weighted by molar-refractivity contribution is 4.80. The van der Waals surface area contributed by atoms with Gasteiger partial charge in [0, 0.05) is 18.7 Å². The third-order valence-electron chi connectivity index (χ3n) is 3.21. The van der Waals surface area contributed by atoms with Crippen molar-refractivity contribution in [2.75, 3.05) is 6.61 Å². The van der Waals surface area contributed by atoms with Crippen molar-refractivity contribution in [1.82, 2.24) is 5.32 Å². The molecule has 1 fully saturated rings. The lowest BCUT2D eigenvalue weighted by Gasteiger charge is -2.32. The van der Waals surface area contributed by atoms with Gasteiger partial charge in [0.1, 0.15) is 0 Å². The highest BCUT2D eigenvalue weighted by Gasteiger charge is 2.23. The Bertz CT molecular complexity index is 141. The Labute approximate surface area is 88.1 Å². The van der Waals surface area contributed by atoms with Gasteiger partial charge >= 0.3 is 0 Å². The van der Waals surface area contributed by atoms with E-state index in [1.807, 2.05) is 0 Å². The molecule has 0 spiro atoms. The first-order valence-corrected chi connectivity index (χ1v) is 6.11. The first-order chi connectivity index (χ1) is 6.74. The van der Waals surface area contributed by atoms with Crippen LogP contribution < -0.4 is 5.32 Å². The van der Waals surface area contributed by atoms with E-state index in [2.05, 4.69) is 19.2 Å². The second-order valence-electron chi connectivity index (χ2n) is 4.84. The van der Waals surface area contributed by atoms with Crippen LogP contribution in [-0.4, -0.2) is 23.8 Å². The van der Waals surface area contributed by atoms with Crippen molar-refractivity contribution in [3.8, 4) is 0 Å². The summed E-state index contributed by atoms with van der Waals surface area (Å²) in [5.41, 5.74) is 0. The smallest absolute Gasteiger partial charge is 0.0445 e. The van der Waals surface area contributed by atoms with Crippen molar-refractivity contribution < 1.29 is 5.11 Å². The van der Waals surface area contributed by atoms with Gasteiger partial charge in [-0.3, -0.25) is 0 Å². The van der Waals surface area contributed by atoms with E-state index in [0.717, 1.165) is 12.3 Å². The molecule has 2 heteroatoms. The molecule has 84 valence electrons. The van der Waals surface area contributed by atoms with Crippen molar-refractivity contribution in [2.24, 2.45) is 5.92 Å². The lowest BCUT2D eigenvalue weighted by Crippen LogP contribution is -2.41. The summed E-state index contributed by atoms with van der Waals surface area (Å²) in [5, 5.41) is 12.6. The van der Waals surface area contributed by atoms with Gasteiger partial charge in [0.05, 0.1) is 0 Å². The standard InChI is InChI=1S/C12H25NO/c1-10(2)13-12(8-9-14)11-6-4-3-5-7-11/h10-14H,3-9H2,1-2H3/t12-/m1/s1. The van der Waals surface area contributed by atoms with E-state index in [4.69, 9.17) is 5.11 Å². The monoisotopic (exact) mass is 199 g/mol. The van der Waals surface area contributed by atoms with E-state index in [0.29, 0.717) is 18.7 Å². The summed E-state index contributed by atoms with van der Waals surface area (Å²) >= 11 is 0. The molecule has 0 unspecified atom stereocenters. The van der Waals surface area contributed by atoms with Crippen LogP contribution in [0.1, 0.15) is 52.4 Å². The molecule has 0 aromatic heterocycles. The Morgan fingerprint density at radius 3 is 2.36 bits per heavy atom. The fourth-order valence-corrected chi connectivity index (χ4v) is 2.56. The average Bonchev–Trinajstić information content (AvgIpc) is 2.18. The van der Waals surface area contributed by atoms with Crippen molar-refractivity contribution in [2.45, 2.75) is 64.5 Å². The quantitative estimate of drug-likeness (QED) is 0.712. The Hall–Kier alpha value is -0.0800. The molecule has 2 N–H and O–H groups in total. The van der Waals surface area contributed by atoms with Crippen molar-refractivity contribution in [1.29, 1.82) is 0 Å². The molecule has 1 aliphatic rings. The third kappa shape index (κ3) is 3.97. The number of hydrogen-bond acceptors (Lipinski definition) is 2. The molecular formula is C12H25NO. The lowest BCUT2D eigenvalue weighted by atomic mass is 9.82. The van der Waals surface area contributed by atoms with Crippen LogP contribution >= 0.6 is 0 Å². The van der Waals surface area contributed by atoms with E-state index >= 15 is 0 Å². The van der Waals surface area contributed by atoms with Gasteiger partial charge in [-0.15, -0.1) is 0 Å². The molecule has 1 atom stereocenters. The SMILES string of the molecule is CC(C)N[C@H](CCO)C1CCCCC1. The minimum absolute atomic E-state index is 0.320. The second-order valence-corrected chi connectivity index (χ2v) is 4.84. The van der Waals surface area contributed by atoms with Gasteiger partial charge < -0.3 is 10.4 Å². The van der Waals surface area contributed by atoms with Gasteiger partial charge in [0.15, 0.2) is 0 Å². The van der Waals surface area contributed by atoms with Crippen LogP contribution in [-0.2, 0) is 0 Å². The number of rotatable bonds is 5. The molecule has 0 aromatic carbocycles. The molecule has 0 amide bonds. The zero-order valence-corrected chi connectivity index (χ0v) is 9.63. The van der Waals surface area contributed by atoms with Crippen molar-refractivity contribution in [3.63, 3.8) is 0 Å². The summed E-state index contributed by atoms with van der Waals surface area (Å²) in [6.07, 6.45) is 7.79. The zero-order chi connectivity index (χ0) is 10.4. The van der Waals surface area contributed by atoms with E-state index in [-0.39, 0.29) is 0 Å². The first-order valence-electron chi connectivity index (χ1n) is 6.11. The van der Waals surface area contributed by atoms with Gasteiger partial charge in [0.2, 0.25) is 0 Å².